The van der Waals surface area contributed by atoms with E-state index in [0.717, 1.165) is 42.0 Å². The van der Waals surface area contributed by atoms with Gasteiger partial charge in [0.15, 0.2) is 5.82 Å². The van der Waals surface area contributed by atoms with E-state index in [2.05, 4.69) is 58.4 Å². The Balaban J connectivity index is 1.40. The Bertz CT molecular complexity index is 970. The molecule has 1 aromatic heterocycles. The van der Waals surface area contributed by atoms with Gasteiger partial charge in [0.05, 0.1) is 11.6 Å². The normalized spacial score (nSPS) is 16.3. The third kappa shape index (κ3) is 4.67. The van der Waals surface area contributed by atoms with Gasteiger partial charge in [-0.1, -0.05) is 60.2 Å². The van der Waals surface area contributed by atoms with Crippen LogP contribution in [0.1, 0.15) is 24.0 Å². The lowest BCUT2D eigenvalue weighted by Crippen LogP contribution is -2.43. The Morgan fingerprint density at radius 2 is 1.80 bits per heavy atom. The molecule has 154 valence electrons. The highest BCUT2D eigenvalue weighted by molar-refractivity contribution is 5.79. The van der Waals surface area contributed by atoms with E-state index in [0.29, 0.717) is 13.1 Å². The van der Waals surface area contributed by atoms with Gasteiger partial charge >= 0.3 is 0 Å². The molecule has 5 heteroatoms. The first-order valence-corrected chi connectivity index (χ1v) is 10.5. The van der Waals surface area contributed by atoms with Crippen molar-refractivity contribution in [2.75, 3.05) is 25.0 Å². The van der Waals surface area contributed by atoms with Crippen LogP contribution in [0.5, 0.6) is 0 Å². The molecule has 2 heterocycles. The first kappa shape index (κ1) is 20.1. The van der Waals surface area contributed by atoms with Gasteiger partial charge in [0.25, 0.3) is 0 Å². The SMILES string of the molecule is Cc1ccc(-c2ccc(N3CCC[C@H](C(=O)N(C)Cc4ccccc4)C3)nn2)cc1. The zero-order valence-corrected chi connectivity index (χ0v) is 17.7. The van der Waals surface area contributed by atoms with E-state index in [4.69, 9.17) is 0 Å². The van der Waals surface area contributed by atoms with Crippen molar-refractivity contribution in [3.63, 3.8) is 0 Å². The maximum absolute atomic E-state index is 13.0. The molecule has 1 amide bonds. The summed E-state index contributed by atoms with van der Waals surface area (Å²) in [6, 6.07) is 22.5. The van der Waals surface area contributed by atoms with E-state index >= 15 is 0 Å². The van der Waals surface area contributed by atoms with Gasteiger partial charge in [0.2, 0.25) is 5.91 Å². The summed E-state index contributed by atoms with van der Waals surface area (Å²) in [5.74, 6) is 1.04. The monoisotopic (exact) mass is 400 g/mol. The second-order valence-corrected chi connectivity index (χ2v) is 8.11. The van der Waals surface area contributed by atoms with Crippen LogP contribution in [-0.4, -0.2) is 41.1 Å². The molecular formula is C25H28N4O. The van der Waals surface area contributed by atoms with Crippen LogP contribution in [0.25, 0.3) is 11.3 Å². The molecule has 0 N–H and O–H groups in total. The molecule has 0 radical (unpaired) electrons. The summed E-state index contributed by atoms with van der Waals surface area (Å²) in [6.45, 7) is 4.31. The molecule has 1 aliphatic heterocycles. The first-order chi connectivity index (χ1) is 14.6. The molecule has 1 saturated heterocycles. The molecule has 2 aromatic carbocycles. The van der Waals surface area contributed by atoms with Crippen LogP contribution in [0, 0.1) is 12.8 Å². The largest absolute Gasteiger partial charge is 0.354 e. The van der Waals surface area contributed by atoms with Gasteiger partial charge < -0.3 is 9.80 Å². The molecule has 0 unspecified atom stereocenters. The van der Waals surface area contributed by atoms with Crippen LogP contribution < -0.4 is 4.90 Å². The molecular weight excluding hydrogens is 372 g/mol. The van der Waals surface area contributed by atoms with Gasteiger partial charge in [0, 0.05) is 32.2 Å². The maximum Gasteiger partial charge on any atom is 0.227 e. The lowest BCUT2D eigenvalue weighted by molar-refractivity contribution is -0.135. The van der Waals surface area contributed by atoms with Gasteiger partial charge in [-0.2, -0.15) is 0 Å². The fourth-order valence-corrected chi connectivity index (χ4v) is 4.01. The van der Waals surface area contributed by atoms with E-state index in [1.54, 1.807) is 0 Å². The summed E-state index contributed by atoms with van der Waals surface area (Å²) in [5.41, 5.74) is 4.31. The number of anilines is 1. The highest BCUT2D eigenvalue weighted by Crippen LogP contribution is 2.25. The molecule has 4 rings (SSSR count). The van der Waals surface area contributed by atoms with Gasteiger partial charge in [0.1, 0.15) is 0 Å². The lowest BCUT2D eigenvalue weighted by Gasteiger charge is -2.34. The Morgan fingerprint density at radius 3 is 2.50 bits per heavy atom. The zero-order valence-electron chi connectivity index (χ0n) is 17.7. The summed E-state index contributed by atoms with van der Waals surface area (Å²) in [6.07, 6.45) is 1.90. The van der Waals surface area contributed by atoms with E-state index in [9.17, 15) is 4.79 Å². The lowest BCUT2D eigenvalue weighted by atomic mass is 9.96. The van der Waals surface area contributed by atoms with Crippen LogP contribution in [0.3, 0.4) is 0 Å². The van der Waals surface area contributed by atoms with Gasteiger partial charge in [-0.3, -0.25) is 4.79 Å². The van der Waals surface area contributed by atoms with Crippen molar-refractivity contribution in [3.8, 4) is 11.3 Å². The molecule has 1 aliphatic rings. The number of nitrogens with zero attached hydrogens (tertiary/aromatic N) is 4. The number of amides is 1. The van der Waals surface area contributed by atoms with Crippen LogP contribution in [0.4, 0.5) is 5.82 Å². The number of carbonyl (C=O) groups excluding carboxylic acids is 1. The number of hydrogen-bond donors (Lipinski definition) is 0. The van der Waals surface area contributed by atoms with E-state index in [1.165, 1.54) is 5.56 Å². The second kappa shape index (κ2) is 9.08. The minimum atomic E-state index is -0.00830. The molecule has 3 aromatic rings. The Morgan fingerprint density at radius 1 is 1.03 bits per heavy atom. The standard InChI is InChI=1S/C25H28N4O/c1-19-10-12-21(13-11-19)23-14-15-24(27-26-23)29-16-6-9-22(18-29)25(30)28(2)17-20-7-4-3-5-8-20/h3-5,7-8,10-15,22H,6,9,16-18H2,1-2H3/t22-/m0/s1. The number of rotatable bonds is 5. The summed E-state index contributed by atoms with van der Waals surface area (Å²) in [7, 11) is 1.89. The third-order valence-corrected chi connectivity index (χ3v) is 5.73. The van der Waals surface area contributed by atoms with Crippen molar-refractivity contribution in [3.05, 3.63) is 77.9 Å². The van der Waals surface area contributed by atoms with Gasteiger partial charge in [-0.05, 0) is 37.5 Å². The van der Waals surface area contributed by atoms with Crippen LogP contribution in [-0.2, 0) is 11.3 Å². The number of hydrogen-bond acceptors (Lipinski definition) is 4. The number of carbonyl (C=O) groups is 1. The summed E-state index contributed by atoms with van der Waals surface area (Å²) in [4.78, 5) is 17.0. The minimum Gasteiger partial charge on any atom is -0.354 e. The van der Waals surface area contributed by atoms with Gasteiger partial charge in [-0.25, -0.2) is 0 Å². The first-order valence-electron chi connectivity index (χ1n) is 10.5. The van der Waals surface area contributed by atoms with Crippen molar-refractivity contribution >= 4 is 11.7 Å². The van der Waals surface area contributed by atoms with Crippen LogP contribution in [0.2, 0.25) is 0 Å². The Kier molecular flexibility index (Phi) is 6.07. The van der Waals surface area contributed by atoms with Crippen molar-refractivity contribution in [1.29, 1.82) is 0 Å². The van der Waals surface area contributed by atoms with E-state index < -0.39 is 0 Å². The highest BCUT2D eigenvalue weighted by atomic mass is 16.2. The fraction of sp³-hybridized carbons (Fsp3) is 0.320. The van der Waals surface area contributed by atoms with Crippen molar-refractivity contribution < 1.29 is 4.79 Å². The quantitative estimate of drug-likeness (QED) is 0.640. The third-order valence-electron chi connectivity index (χ3n) is 5.73. The van der Waals surface area contributed by atoms with Crippen LogP contribution in [0.15, 0.2) is 66.7 Å². The predicted molar refractivity (Wildman–Crippen MR) is 120 cm³/mol. The summed E-state index contributed by atoms with van der Waals surface area (Å²) >= 11 is 0. The summed E-state index contributed by atoms with van der Waals surface area (Å²) in [5, 5.41) is 8.89. The molecule has 0 saturated carbocycles. The van der Waals surface area contributed by atoms with Crippen molar-refractivity contribution in [2.24, 2.45) is 5.92 Å². The van der Waals surface area contributed by atoms with Gasteiger partial charge in [-0.15, -0.1) is 10.2 Å². The van der Waals surface area contributed by atoms with Crippen molar-refractivity contribution in [1.82, 2.24) is 15.1 Å². The Hall–Kier alpha value is -3.21. The maximum atomic E-state index is 13.0. The van der Waals surface area contributed by atoms with Crippen LogP contribution >= 0.6 is 0 Å². The molecule has 0 aliphatic carbocycles. The molecule has 5 nitrogen and oxygen atoms in total. The highest BCUT2D eigenvalue weighted by Gasteiger charge is 2.28. The topological polar surface area (TPSA) is 49.3 Å². The number of aromatic nitrogens is 2. The molecule has 0 bridgehead atoms. The second-order valence-electron chi connectivity index (χ2n) is 8.11. The summed E-state index contributed by atoms with van der Waals surface area (Å²) < 4.78 is 0. The number of aryl methyl sites for hydroxylation is 1. The van der Waals surface area contributed by atoms with Crippen molar-refractivity contribution in [2.45, 2.75) is 26.3 Å². The van der Waals surface area contributed by atoms with E-state index in [1.807, 2.05) is 42.3 Å². The average molecular weight is 401 g/mol. The predicted octanol–water partition coefficient (Wildman–Crippen LogP) is 4.33. The number of piperidine rings is 1. The molecule has 1 fully saturated rings. The molecule has 0 spiro atoms. The minimum absolute atomic E-state index is 0.00830. The molecule has 1 atom stereocenters. The average Bonchev–Trinajstić information content (AvgIpc) is 2.80. The smallest absolute Gasteiger partial charge is 0.227 e. The molecule has 30 heavy (non-hydrogen) atoms. The van der Waals surface area contributed by atoms with E-state index in [-0.39, 0.29) is 11.8 Å². The zero-order chi connectivity index (χ0) is 20.9. The fourth-order valence-electron chi connectivity index (χ4n) is 4.01. The number of benzene rings is 2. The Labute approximate surface area is 178 Å².